The molecule has 1 atom stereocenters. The van der Waals surface area contributed by atoms with Gasteiger partial charge >= 0.3 is 0 Å². The van der Waals surface area contributed by atoms with Crippen molar-refractivity contribution >= 4 is 23.2 Å². The smallest absolute Gasteiger partial charge is 0.242 e. The highest BCUT2D eigenvalue weighted by molar-refractivity contribution is 6.32. The van der Waals surface area contributed by atoms with Crippen LogP contribution in [0.4, 0.5) is 5.69 Å². The zero-order chi connectivity index (χ0) is 11.4. The van der Waals surface area contributed by atoms with Crippen molar-refractivity contribution in [2.45, 2.75) is 32.1 Å². The van der Waals surface area contributed by atoms with Gasteiger partial charge in [0, 0.05) is 5.69 Å². The van der Waals surface area contributed by atoms with Crippen molar-refractivity contribution in [3.05, 3.63) is 29.8 Å². The lowest BCUT2D eigenvalue weighted by molar-refractivity contribution is -0.115. The van der Waals surface area contributed by atoms with Crippen LogP contribution in [0.25, 0.3) is 0 Å². The Hall–Kier alpha value is -1.02. The van der Waals surface area contributed by atoms with Gasteiger partial charge in [-0.15, -0.1) is 11.6 Å². The standard InChI is InChI=1S/C12H16ClNO/c1-8(2)10-6-4-5-7-11(10)14-12(15)9(3)13/h4-9H,1-3H3,(H,14,15). The Morgan fingerprint density at radius 3 is 2.40 bits per heavy atom. The molecule has 0 saturated heterocycles. The molecule has 1 rings (SSSR count). The van der Waals surface area contributed by atoms with Gasteiger partial charge in [0.15, 0.2) is 0 Å². The Labute approximate surface area is 95.6 Å². The van der Waals surface area contributed by atoms with Crippen molar-refractivity contribution < 1.29 is 4.79 Å². The highest BCUT2D eigenvalue weighted by Crippen LogP contribution is 2.23. The Kier molecular flexibility index (Phi) is 4.15. The summed E-state index contributed by atoms with van der Waals surface area (Å²) in [5, 5.41) is 2.31. The minimum atomic E-state index is -0.509. The maximum absolute atomic E-state index is 11.4. The van der Waals surface area contributed by atoms with Crippen molar-refractivity contribution in [2.75, 3.05) is 5.32 Å². The SMILES string of the molecule is CC(Cl)C(=O)Nc1ccccc1C(C)C. The molecule has 1 aromatic rings. The lowest BCUT2D eigenvalue weighted by Gasteiger charge is -2.14. The molecule has 0 aliphatic rings. The summed E-state index contributed by atoms with van der Waals surface area (Å²) in [6.45, 7) is 5.85. The summed E-state index contributed by atoms with van der Waals surface area (Å²) in [6.07, 6.45) is 0. The monoisotopic (exact) mass is 225 g/mol. The van der Waals surface area contributed by atoms with Gasteiger partial charge in [0.2, 0.25) is 5.91 Å². The second-order valence-electron chi connectivity index (χ2n) is 3.85. The topological polar surface area (TPSA) is 29.1 Å². The molecule has 15 heavy (non-hydrogen) atoms. The van der Waals surface area contributed by atoms with Gasteiger partial charge in [0.05, 0.1) is 0 Å². The van der Waals surface area contributed by atoms with Crippen LogP contribution in [0.15, 0.2) is 24.3 Å². The van der Waals surface area contributed by atoms with Crippen LogP contribution in [-0.2, 0) is 4.79 Å². The van der Waals surface area contributed by atoms with Crippen LogP contribution in [-0.4, -0.2) is 11.3 Å². The van der Waals surface area contributed by atoms with Gasteiger partial charge < -0.3 is 5.32 Å². The zero-order valence-corrected chi connectivity index (χ0v) is 10.0. The number of carbonyl (C=O) groups is 1. The van der Waals surface area contributed by atoms with Crippen LogP contribution in [0.5, 0.6) is 0 Å². The number of hydrogen-bond donors (Lipinski definition) is 1. The molecule has 3 heteroatoms. The number of carbonyl (C=O) groups excluding carboxylic acids is 1. The van der Waals surface area contributed by atoms with Gasteiger partial charge in [-0.2, -0.15) is 0 Å². The molecule has 0 aromatic heterocycles. The first-order valence-corrected chi connectivity index (χ1v) is 5.50. The first-order valence-electron chi connectivity index (χ1n) is 5.06. The zero-order valence-electron chi connectivity index (χ0n) is 9.25. The molecule has 0 bridgehead atoms. The molecule has 0 spiro atoms. The number of halogens is 1. The van der Waals surface area contributed by atoms with E-state index in [-0.39, 0.29) is 5.91 Å². The van der Waals surface area contributed by atoms with Crippen molar-refractivity contribution in [3.63, 3.8) is 0 Å². The van der Waals surface area contributed by atoms with Crippen molar-refractivity contribution in [1.82, 2.24) is 0 Å². The molecule has 0 fully saturated rings. The van der Waals surface area contributed by atoms with E-state index in [1.54, 1.807) is 6.92 Å². The van der Waals surface area contributed by atoms with E-state index in [0.717, 1.165) is 11.3 Å². The fraction of sp³-hybridized carbons (Fsp3) is 0.417. The molecule has 1 aromatic carbocycles. The number of alkyl halides is 1. The van der Waals surface area contributed by atoms with Gasteiger partial charge in [0.25, 0.3) is 0 Å². The average molecular weight is 226 g/mol. The maximum atomic E-state index is 11.4. The fourth-order valence-corrected chi connectivity index (χ4v) is 1.40. The van der Waals surface area contributed by atoms with Crippen molar-refractivity contribution in [3.8, 4) is 0 Å². The highest BCUT2D eigenvalue weighted by atomic mass is 35.5. The van der Waals surface area contributed by atoms with E-state index in [1.165, 1.54) is 0 Å². The highest BCUT2D eigenvalue weighted by Gasteiger charge is 2.12. The molecule has 0 saturated carbocycles. The van der Waals surface area contributed by atoms with E-state index in [2.05, 4.69) is 19.2 Å². The third-order valence-electron chi connectivity index (χ3n) is 2.20. The Balaban J connectivity index is 2.89. The van der Waals surface area contributed by atoms with Gasteiger partial charge in [-0.3, -0.25) is 4.79 Å². The fourth-order valence-electron chi connectivity index (χ4n) is 1.35. The van der Waals surface area contributed by atoms with Crippen LogP contribution < -0.4 is 5.32 Å². The molecule has 0 radical (unpaired) electrons. The summed E-state index contributed by atoms with van der Waals surface area (Å²) in [5.41, 5.74) is 1.98. The molecule has 1 N–H and O–H groups in total. The summed E-state index contributed by atoms with van der Waals surface area (Å²) in [4.78, 5) is 11.4. The van der Waals surface area contributed by atoms with Crippen molar-refractivity contribution in [1.29, 1.82) is 0 Å². The number of para-hydroxylation sites is 1. The molecule has 0 aliphatic heterocycles. The number of rotatable bonds is 3. The molecule has 0 heterocycles. The first kappa shape index (κ1) is 12.1. The molecule has 82 valence electrons. The number of nitrogens with one attached hydrogen (secondary N) is 1. The maximum Gasteiger partial charge on any atom is 0.242 e. The van der Waals surface area contributed by atoms with Crippen LogP contribution in [0.2, 0.25) is 0 Å². The number of anilines is 1. The van der Waals surface area contributed by atoms with Gasteiger partial charge in [-0.05, 0) is 24.5 Å². The van der Waals surface area contributed by atoms with E-state index >= 15 is 0 Å². The second-order valence-corrected chi connectivity index (χ2v) is 4.50. The lowest BCUT2D eigenvalue weighted by Crippen LogP contribution is -2.21. The predicted molar refractivity (Wildman–Crippen MR) is 64.5 cm³/mol. The molecule has 1 unspecified atom stereocenters. The quantitative estimate of drug-likeness (QED) is 0.786. The Morgan fingerprint density at radius 1 is 1.27 bits per heavy atom. The second kappa shape index (κ2) is 5.17. The third kappa shape index (κ3) is 3.24. The summed E-state index contributed by atoms with van der Waals surface area (Å²) >= 11 is 5.70. The van der Waals surface area contributed by atoms with Gasteiger partial charge in [-0.25, -0.2) is 0 Å². The van der Waals surface area contributed by atoms with Gasteiger partial charge in [0.1, 0.15) is 5.38 Å². The minimum Gasteiger partial charge on any atom is -0.325 e. The molecule has 1 amide bonds. The first-order chi connectivity index (χ1) is 7.02. The summed E-state index contributed by atoms with van der Waals surface area (Å²) < 4.78 is 0. The van der Waals surface area contributed by atoms with E-state index in [0.29, 0.717) is 5.92 Å². The number of hydrogen-bond acceptors (Lipinski definition) is 1. The van der Waals surface area contributed by atoms with E-state index in [4.69, 9.17) is 11.6 Å². The van der Waals surface area contributed by atoms with Crippen LogP contribution >= 0.6 is 11.6 Å². The summed E-state index contributed by atoms with van der Waals surface area (Å²) in [5.74, 6) is 0.219. The molecular weight excluding hydrogens is 210 g/mol. The Morgan fingerprint density at radius 2 is 1.87 bits per heavy atom. The van der Waals surface area contributed by atoms with Crippen molar-refractivity contribution in [2.24, 2.45) is 0 Å². The van der Waals surface area contributed by atoms with Crippen LogP contribution in [0, 0.1) is 0 Å². The van der Waals surface area contributed by atoms with Gasteiger partial charge in [-0.1, -0.05) is 32.0 Å². The number of benzene rings is 1. The molecular formula is C12H16ClNO. The predicted octanol–water partition coefficient (Wildman–Crippen LogP) is 3.38. The third-order valence-corrected chi connectivity index (χ3v) is 2.40. The van der Waals surface area contributed by atoms with E-state index in [1.807, 2.05) is 24.3 Å². The Bertz CT molecular complexity index is 347. The number of amides is 1. The molecule has 2 nitrogen and oxygen atoms in total. The summed E-state index contributed by atoms with van der Waals surface area (Å²) in [7, 11) is 0. The normalized spacial score (nSPS) is 12.6. The average Bonchev–Trinajstić information content (AvgIpc) is 2.18. The lowest BCUT2D eigenvalue weighted by atomic mass is 10.0. The molecule has 0 aliphatic carbocycles. The minimum absolute atomic E-state index is 0.162. The van der Waals surface area contributed by atoms with E-state index < -0.39 is 5.38 Å². The largest absolute Gasteiger partial charge is 0.325 e. The van der Waals surface area contributed by atoms with Crippen LogP contribution in [0.3, 0.4) is 0 Å². The van der Waals surface area contributed by atoms with E-state index in [9.17, 15) is 4.79 Å². The van der Waals surface area contributed by atoms with Crippen LogP contribution in [0.1, 0.15) is 32.3 Å². The summed E-state index contributed by atoms with van der Waals surface area (Å²) in [6, 6.07) is 7.78.